The summed E-state index contributed by atoms with van der Waals surface area (Å²) < 4.78 is 0. The minimum Gasteiger partial charge on any atom is -0.368 e. The van der Waals surface area contributed by atoms with Gasteiger partial charge in [-0.3, -0.25) is 19.3 Å². The summed E-state index contributed by atoms with van der Waals surface area (Å²) in [5.41, 5.74) is 3.84. The maximum atomic E-state index is 12.6. The van der Waals surface area contributed by atoms with Crippen molar-refractivity contribution in [2.45, 2.75) is 12.5 Å². The molecule has 0 aromatic heterocycles. The molecule has 1 aromatic carbocycles. The molecule has 2 rings (SSSR count). The Bertz CT molecular complexity index is 739. The molecule has 10 heteroatoms. The van der Waals surface area contributed by atoms with Crippen LogP contribution < -0.4 is 16.4 Å². The molecule has 128 valence electrons. The molecular formula is C14H14Cl2N4O4. The van der Waals surface area contributed by atoms with E-state index in [0.717, 1.165) is 4.90 Å². The van der Waals surface area contributed by atoms with E-state index >= 15 is 0 Å². The van der Waals surface area contributed by atoms with E-state index in [-0.39, 0.29) is 11.6 Å². The van der Waals surface area contributed by atoms with Gasteiger partial charge in [-0.05, 0) is 19.1 Å². The van der Waals surface area contributed by atoms with Crippen LogP contribution in [0.3, 0.4) is 0 Å². The van der Waals surface area contributed by atoms with E-state index in [1.807, 2.05) is 0 Å². The molecule has 0 saturated carbocycles. The van der Waals surface area contributed by atoms with Crippen LogP contribution in [0.25, 0.3) is 0 Å². The molecule has 1 aliphatic rings. The summed E-state index contributed by atoms with van der Waals surface area (Å²) in [5.74, 6) is -2.08. The largest absolute Gasteiger partial charge is 0.368 e. The fourth-order valence-corrected chi connectivity index (χ4v) is 2.90. The molecule has 0 aliphatic carbocycles. The fourth-order valence-electron chi connectivity index (χ4n) is 2.30. The molecule has 1 saturated heterocycles. The third-order valence-electron chi connectivity index (χ3n) is 3.51. The van der Waals surface area contributed by atoms with Crippen molar-refractivity contribution in [2.24, 2.45) is 5.73 Å². The number of carbonyl (C=O) groups is 4. The normalized spacial score (nSPS) is 20.0. The van der Waals surface area contributed by atoms with Crippen LogP contribution in [0.15, 0.2) is 18.2 Å². The molecule has 24 heavy (non-hydrogen) atoms. The number of nitrogens with zero attached hydrogens (tertiary/aromatic N) is 1. The average molecular weight is 373 g/mol. The Hall–Kier alpha value is -2.32. The monoisotopic (exact) mass is 372 g/mol. The number of nitrogens with one attached hydrogen (secondary N) is 2. The first-order valence-electron chi connectivity index (χ1n) is 6.80. The van der Waals surface area contributed by atoms with Crippen molar-refractivity contribution in [1.29, 1.82) is 0 Å². The topological polar surface area (TPSA) is 122 Å². The Morgan fingerprint density at radius 2 is 2.00 bits per heavy atom. The number of amides is 5. The maximum absolute atomic E-state index is 12.6. The lowest BCUT2D eigenvalue weighted by molar-refractivity contribution is -0.135. The third-order valence-corrected chi connectivity index (χ3v) is 4.05. The highest BCUT2D eigenvalue weighted by Crippen LogP contribution is 2.34. The summed E-state index contributed by atoms with van der Waals surface area (Å²) in [7, 11) is 0. The van der Waals surface area contributed by atoms with Gasteiger partial charge in [0.2, 0.25) is 11.8 Å². The van der Waals surface area contributed by atoms with Crippen molar-refractivity contribution in [3.63, 3.8) is 0 Å². The number of hydrogen-bond donors (Lipinski definition) is 3. The van der Waals surface area contributed by atoms with Crippen LogP contribution in [0.1, 0.15) is 12.5 Å². The average Bonchev–Trinajstić information content (AvgIpc) is 2.69. The SMILES string of the molecule is C[C@]1(c2ccc(Cl)cc2Cl)NC(=O)N(CC(=O)NCC(N)=O)C1=O. The molecule has 1 aromatic rings. The lowest BCUT2D eigenvalue weighted by Gasteiger charge is -2.23. The maximum Gasteiger partial charge on any atom is 0.325 e. The Kier molecular flexibility index (Phi) is 5.00. The van der Waals surface area contributed by atoms with Gasteiger partial charge in [-0.2, -0.15) is 0 Å². The molecule has 4 N–H and O–H groups in total. The highest BCUT2D eigenvalue weighted by Gasteiger charge is 2.50. The second-order valence-corrected chi connectivity index (χ2v) is 6.16. The molecule has 0 spiro atoms. The molecular weight excluding hydrogens is 359 g/mol. The summed E-state index contributed by atoms with van der Waals surface area (Å²) in [5, 5.41) is 5.31. The standard InChI is InChI=1S/C14H14Cl2N4O4/c1-14(8-3-2-7(15)4-9(8)16)12(23)20(13(24)19-14)6-11(22)18-5-10(17)21/h2-4H,5-6H2,1H3,(H2,17,21)(H,18,22)(H,19,24)/t14-/m1/s1. The zero-order valence-electron chi connectivity index (χ0n) is 12.6. The number of primary amides is 1. The molecule has 1 heterocycles. The van der Waals surface area contributed by atoms with Gasteiger partial charge in [0, 0.05) is 15.6 Å². The molecule has 0 unspecified atom stereocenters. The summed E-state index contributed by atoms with van der Waals surface area (Å²) in [6.45, 7) is 0.547. The van der Waals surface area contributed by atoms with Crippen molar-refractivity contribution in [2.75, 3.05) is 13.1 Å². The Labute approximate surface area is 147 Å². The summed E-state index contributed by atoms with van der Waals surface area (Å²) in [4.78, 5) is 47.8. The van der Waals surface area contributed by atoms with E-state index in [2.05, 4.69) is 10.6 Å². The zero-order valence-corrected chi connectivity index (χ0v) is 14.1. The van der Waals surface area contributed by atoms with Gasteiger partial charge in [0.15, 0.2) is 0 Å². The molecule has 1 atom stereocenters. The second kappa shape index (κ2) is 6.66. The van der Waals surface area contributed by atoms with Gasteiger partial charge in [-0.25, -0.2) is 4.79 Å². The number of halogens is 2. The van der Waals surface area contributed by atoms with Crippen LogP contribution in [0.5, 0.6) is 0 Å². The minimum absolute atomic E-state index is 0.207. The smallest absolute Gasteiger partial charge is 0.325 e. The molecule has 5 amide bonds. The summed E-state index contributed by atoms with van der Waals surface area (Å²) in [6, 6.07) is 3.77. The number of urea groups is 1. The number of benzene rings is 1. The van der Waals surface area contributed by atoms with E-state index in [1.165, 1.54) is 25.1 Å². The molecule has 8 nitrogen and oxygen atoms in total. The number of hydrogen-bond acceptors (Lipinski definition) is 4. The van der Waals surface area contributed by atoms with Gasteiger partial charge < -0.3 is 16.4 Å². The van der Waals surface area contributed by atoms with Gasteiger partial charge in [0.05, 0.1) is 6.54 Å². The predicted octanol–water partition coefficient (Wildman–Crippen LogP) is 0.362. The van der Waals surface area contributed by atoms with Crippen molar-refractivity contribution in [1.82, 2.24) is 15.5 Å². The van der Waals surface area contributed by atoms with Crippen molar-refractivity contribution >= 4 is 47.0 Å². The van der Waals surface area contributed by atoms with E-state index in [0.29, 0.717) is 10.6 Å². The van der Waals surface area contributed by atoms with E-state index in [1.54, 1.807) is 0 Å². The van der Waals surface area contributed by atoms with Gasteiger partial charge in [-0.1, -0.05) is 29.3 Å². The van der Waals surface area contributed by atoms with E-state index < -0.39 is 35.8 Å². The van der Waals surface area contributed by atoms with Crippen molar-refractivity contribution in [3.05, 3.63) is 33.8 Å². The first kappa shape index (κ1) is 18.0. The van der Waals surface area contributed by atoms with Crippen LogP contribution >= 0.6 is 23.2 Å². The Balaban J connectivity index is 2.21. The second-order valence-electron chi connectivity index (χ2n) is 5.31. The van der Waals surface area contributed by atoms with E-state index in [4.69, 9.17) is 28.9 Å². The van der Waals surface area contributed by atoms with Crippen LogP contribution in [0, 0.1) is 0 Å². The van der Waals surface area contributed by atoms with Gasteiger partial charge in [-0.15, -0.1) is 0 Å². The molecule has 0 radical (unpaired) electrons. The fraction of sp³-hybridized carbons (Fsp3) is 0.286. The highest BCUT2D eigenvalue weighted by atomic mass is 35.5. The van der Waals surface area contributed by atoms with Crippen LogP contribution in [0.4, 0.5) is 4.79 Å². The van der Waals surface area contributed by atoms with Gasteiger partial charge in [0.25, 0.3) is 5.91 Å². The minimum atomic E-state index is -1.43. The van der Waals surface area contributed by atoms with Crippen LogP contribution in [-0.2, 0) is 19.9 Å². The summed E-state index contributed by atoms with van der Waals surface area (Å²) >= 11 is 11.9. The Morgan fingerprint density at radius 3 is 2.58 bits per heavy atom. The number of imide groups is 1. The van der Waals surface area contributed by atoms with Crippen molar-refractivity contribution in [3.8, 4) is 0 Å². The van der Waals surface area contributed by atoms with Crippen molar-refractivity contribution < 1.29 is 19.2 Å². The molecule has 0 bridgehead atoms. The lowest BCUT2D eigenvalue weighted by atomic mass is 9.92. The lowest BCUT2D eigenvalue weighted by Crippen LogP contribution is -2.44. The number of carbonyl (C=O) groups excluding carboxylic acids is 4. The zero-order chi connectivity index (χ0) is 18.1. The van der Waals surface area contributed by atoms with Crippen LogP contribution in [0.2, 0.25) is 10.0 Å². The quantitative estimate of drug-likeness (QED) is 0.645. The summed E-state index contributed by atoms with van der Waals surface area (Å²) in [6.07, 6.45) is 0. The van der Waals surface area contributed by atoms with Crippen LogP contribution in [-0.4, -0.2) is 41.7 Å². The molecule has 1 fully saturated rings. The van der Waals surface area contributed by atoms with Gasteiger partial charge in [0.1, 0.15) is 12.1 Å². The third kappa shape index (κ3) is 3.44. The first-order valence-corrected chi connectivity index (χ1v) is 7.55. The Morgan fingerprint density at radius 1 is 1.33 bits per heavy atom. The van der Waals surface area contributed by atoms with Gasteiger partial charge >= 0.3 is 6.03 Å². The number of nitrogens with two attached hydrogens (primary N) is 1. The number of rotatable bonds is 5. The molecule has 1 aliphatic heterocycles. The van der Waals surface area contributed by atoms with E-state index in [9.17, 15) is 19.2 Å². The predicted molar refractivity (Wildman–Crippen MR) is 86.3 cm³/mol. The first-order chi connectivity index (χ1) is 11.1. The highest BCUT2D eigenvalue weighted by molar-refractivity contribution is 6.35.